The second-order valence-electron chi connectivity index (χ2n) is 9.29. The van der Waals surface area contributed by atoms with Crippen molar-refractivity contribution in [2.45, 2.75) is 13.0 Å². The van der Waals surface area contributed by atoms with Crippen molar-refractivity contribution in [3.05, 3.63) is 118 Å². The Morgan fingerprint density at radius 1 is 1.17 bits per heavy atom. The number of nitrogens with one attached hydrogen (secondary N) is 1. The van der Waals surface area contributed by atoms with Gasteiger partial charge >= 0.3 is 0 Å². The maximum atomic E-state index is 15.2. The molecular weight excluding hydrogens is 523 g/mol. The maximum Gasteiger partial charge on any atom is 0.264 e. The van der Waals surface area contributed by atoms with E-state index in [4.69, 9.17) is 8.48 Å². The first-order chi connectivity index (χ1) is 20.6. The lowest BCUT2D eigenvalue weighted by molar-refractivity contribution is 0.0941. The van der Waals surface area contributed by atoms with Gasteiger partial charge in [-0.15, -0.1) is 5.10 Å². The van der Waals surface area contributed by atoms with Crippen LogP contribution in [0.4, 0.5) is 10.2 Å². The van der Waals surface area contributed by atoms with Crippen molar-refractivity contribution in [1.82, 2.24) is 34.3 Å². The van der Waals surface area contributed by atoms with Gasteiger partial charge in [-0.05, 0) is 42.6 Å². The monoisotopic (exact) mass is 548 g/mol. The van der Waals surface area contributed by atoms with Gasteiger partial charge in [-0.2, -0.15) is 5.10 Å². The number of aromatic nitrogens is 6. The highest BCUT2D eigenvalue weighted by Crippen LogP contribution is 2.25. The van der Waals surface area contributed by atoms with Crippen LogP contribution in [0.15, 0.2) is 84.1 Å². The quantitative estimate of drug-likeness (QED) is 0.326. The molecule has 4 heterocycles. The second-order valence-corrected chi connectivity index (χ2v) is 9.29. The highest BCUT2D eigenvalue weighted by molar-refractivity contribution is 6.04. The van der Waals surface area contributed by atoms with Crippen molar-refractivity contribution in [3.63, 3.8) is 0 Å². The third-order valence-electron chi connectivity index (χ3n) is 6.54. The van der Waals surface area contributed by atoms with Gasteiger partial charge in [0.05, 0.1) is 31.5 Å². The lowest BCUT2D eigenvalue weighted by atomic mass is 10.0. The molecular formula is C30H23FN8O2. The van der Waals surface area contributed by atoms with Crippen LogP contribution in [0.5, 0.6) is 0 Å². The van der Waals surface area contributed by atoms with Gasteiger partial charge in [0.2, 0.25) is 0 Å². The molecule has 0 radical (unpaired) electrons. The minimum absolute atomic E-state index is 0.0361. The van der Waals surface area contributed by atoms with E-state index in [1.165, 1.54) is 22.8 Å². The van der Waals surface area contributed by atoms with Gasteiger partial charge in [0, 0.05) is 37.0 Å². The zero-order valence-corrected chi connectivity index (χ0v) is 21.9. The number of carbonyl (C=O) groups excluding carboxylic acids is 1. The van der Waals surface area contributed by atoms with Crippen molar-refractivity contribution in [3.8, 4) is 17.5 Å². The number of anilines is 1. The Morgan fingerprint density at radius 3 is 2.73 bits per heavy atom. The maximum absolute atomic E-state index is 15.2. The fraction of sp³-hybridized carbons (Fsp3) is 0.100. The second kappa shape index (κ2) is 10.1. The van der Waals surface area contributed by atoms with Gasteiger partial charge in [0.25, 0.3) is 11.5 Å². The van der Waals surface area contributed by atoms with E-state index in [1.54, 1.807) is 67.4 Å². The number of aryl methyl sites for hydroxylation is 1. The Morgan fingerprint density at radius 2 is 1.98 bits per heavy atom. The molecule has 41 heavy (non-hydrogen) atoms. The lowest BCUT2D eigenvalue weighted by Crippen LogP contribution is -2.32. The SMILES string of the molecule is [2H]c1cc([2H])n2nc(N)c(C(=O)N[C@@H](C)c3cc4ccc(F)c(C#Cc5cnn(C)c5)c4c(=O)n3-c3ccccc3)c2n1. The molecule has 4 aromatic heterocycles. The largest absolute Gasteiger partial charge is 0.381 e. The predicted molar refractivity (Wildman–Crippen MR) is 152 cm³/mol. The first-order valence-corrected chi connectivity index (χ1v) is 12.5. The Balaban J connectivity index is 1.50. The first kappa shape index (κ1) is 23.2. The fourth-order valence-electron chi connectivity index (χ4n) is 4.66. The molecule has 1 amide bonds. The molecule has 0 aliphatic rings. The van der Waals surface area contributed by atoms with E-state index in [-0.39, 0.29) is 40.3 Å². The third kappa shape index (κ3) is 4.57. The van der Waals surface area contributed by atoms with E-state index in [9.17, 15) is 9.59 Å². The Kier molecular flexibility index (Phi) is 5.70. The third-order valence-corrected chi connectivity index (χ3v) is 6.54. The molecule has 0 unspecified atom stereocenters. The standard InChI is InChI=1S/C30H23FN8O2/c1-18(35-29(40)26-27(32)36-38-14-6-13-33-28(26)38)24-15-20-10-12-23(31)22(11-9-19-16-34-37(2)17-19)25(20)30(41)39(24)21-7-4-3-5-8-21/h3-8,10,12-18H,1-2H3,(H2,32,36)(H,35,40)/t18-/m0/s1/i13D,14D. The minimum atomic E-state index is -0.774. The summed E-state index contributed by atoms with van der Waals surface area (Å²) in [5.41, 5.74) is 6.77. The van der Waals surface area contributed by atoms with Gasteiger partial charge < -0.3 is 11.1 Å². The van der Waals surface area contributed by atoms with Crippen LogP contribution >= 0.6 is 0 Å². The van der Waals surface area contributed by atoms with E-state index in [0.717, 1.165) is 4.52 Å². The molecule has 0 aliphatic heterocycles. The summed E-state index contributed by atoms with van der Waals surface area (Å²) >= 11 is 0. The lowest BCUT2D eigenvalue weighted by Gasteiger charge is -2.21. The average Bonchev–Trinajstić information content (AvgIpc) is 3.54. The summed E-state index contributed by atoms with van der Waals surface area (Å²) in [5.74, 6) is 4.22. The molecule has 0 fully saturated rings. The predicted octanol–water partition coefficient (Wildman–Crippen LogP) is 3.38. The van der Waals surface area contributed by atoms with Crippen molar-refractivity contribution < 1.29 is 11.9 Å². The molecule has 0 saturated carbocycles. The van der Waals surface area contributed by atoms with E-state index in [1.807, 2.05) is 0 Å². The number of hydrogen-bond donors (Lipinski definition) is 2. The molecule has 202 valence electrons. The molecule has 6 aromatic rings. The molecule has 3 N–H and O–H groups in total. The first-order valence-electron chi connectivity index (χ1n) is 13.5. The van der Waals surface area contributed by atoms with Gasteiger partial charge in [0.15, 0.2) is 11.5 Å². The zero-order valence-electron chi connectivity index (χ0n) is 23.9. The van der Waals surface area contributed by atoms with Crippen LogP contribution in [-0.4, -0.2) is 34.9 Å². The molecule has 6 rings (SSSR count). The van der Waals surface area contributed by atoms with Crippen LogP contribution < -0.4 is 16.6 Å². The number of nitrogens with zero attached hydrogens (tertiary/aromatic N) is 6. The van der Waals surface area contributed by atoms with E-state index < -0.39 is 23.3 Å². The molecule has 1 atom stereocenters. The Hall–Kier alpha value is -5.76. The summed E-state index contributed by atoms with van der Waals surface area (Å²) in [6, 6.07) is 13.6. The van der Waals surface area contributed by atoms with Crippen LogP contribution in [0, 0.1) is 17.7 Å². The number of hydrogen-bond acceptors (Lipinski definition) is 6. The topological polar surface area (TPSA) is 125 Å². The van der Waals surface area contributed by atoms with Gasteiger partial charge in [0.1, 0.15) is 11.4 Å². The highest BCUT2D eigenvalue weighted by Gasteiger charge is 2.24. The zero-order chi connectivity index (χ0) is 30.4. The van der Waals surface area contributed by atoms with Crippen LogP contribution in [0.1, 0.15) is 42.9 Å². The van der Waals surface area contributed by atoms with E-state index >= 15 is 4.39 Å². The summed E-state index contributed by atoms with van der Waals surface area (Å²) in [5, 5.41) is 11.5. The number of rotatable bonds is 4. The molecule has 0 aliphatic carbocycles. The van der Waals surface area contributed by atoms with Crippen molar-refractivity contribution in [2.75, 3.05) is 5.73 Å². The summed E-state index contributed by atoms with van der Waals surface area (Å²) in [6.45, 7) is 1.69. The number of halogens is 1. The highest BCUT2D eigenvalue weighted by atomic mass is 19.1. The normalized spacial score (nSPS) is 12.5. The minimum Gasteiger partial charge on any atom is -0.381 e. The summed E-state index contributed by atoms with van der Waals surface area (Å²) in [6.07, 6.45) is 2.85. The summed E-state index contributed by atoms with van der Waals surface area (Å²) in [7, 11) is 1.74. The average molecular weight is 549 g/mol. The number of pyridine rings is 1. The molecule has 0 saturated heterocycles. The molecule has 0 spiro atoms. The van der Waals surface area contributed by atoms with E-state index in [0.29, 0.717) is 22.3 Å². The van der Waals surface area contributed by atoms with Gasteiger partial charge in [-0.1, -0.05) is 36.1 Å². The fourth-order valence-corrected chi connectivity index (χ4v) is 4.66. The van der Waals surface area contributed by atoms with Crippen LogP contribution in [0.2, 0.25) is 0 Å². The van der Waals surface area contributed by atoms with Crippen LogP contribution in [-0.2, 0) is 7.05 Å². The number of nitrogen functional groups attached to an aromatic ring is 1. The van der Waals surface area contributed by atoms with E-state index in [2.05, 4.69) is 32.3 Å². The Bertz CT molecular complexity index is 2200. The number of amides is 1. The number of carbonyl (C=O) groups is 1. The number of fused-ring (bicyclic) bond motifs is 2. The van der Waals surface area contributed by atoms with Crippen molar-refractivity contribution in [1.29, 1.82) is 0 Å². The van der Waals surface area contributed by atoms with Crippen LogP contribution in [0.25, 0.3) is 22.1 Å². The number of para-hydroxylation sites is 1. The molecule has 2 aromatic carbocycles. The van der Waals surface area contributed by atoms with Crippen molar-refractivity contribution in [2.24, 2.45) is 7.05 Å². The number of benzene rings is 2. The summed E-state index contributed by atoms with van der Waals surface area (Å²) < 4.78 is 35.1. The van der Waals surface area contributed by atoms with Crippen LogP contribution in [0.3, 0.4) is 0 Å². The van der Waals surface area contributed by atoms with Crippen molar-refractivity contribution >= 4 is 28.1 Å². The molecule has 10 nitrogen and oxygen atoms in total. The van der Waals surface area contributed by atoms with Gasteiger partial charge in [-0.25, -0.2) is 13.9 Å². The Labute approximate surface area is 235 Å². The molecule has 11 heteroatoms. The molecule has 0 bridgehead atoms. The summed E-state index contributed by atoms with van der Waals surface area (Å²) in [4.78, 5) is 31.7. The smallest absolute Gasteiger partial charge is 0.264 e. The number of nitrogens with two attached hydrogens (primary N) is 1. The van der Waals surface area contributed by atoms with Gasteiger partial charge in [-0.3, -0.25) is 18.8 Å².